The van der Waals surface area contributed by atoms with Crippen molar-refractivity contribution in [3.63, 3.8) is 0 Å². The Morgan fingerprint density at radius 1 is 1.25 bits per heavy atom. The van der Waals surface area contributed by atoms with Crippen LogP contribution in [0.15, 0.2) is 52.5 Å². The second-order valence-corrected chi connectivity index (χ2v) is 7.05. The van der Waals surface area contributed by atoms with E-state index in [-0.39, 0.29) is 11.7 Å². The minimum absolute atomic E-state index is 0.0549. The maximum absolute atomic E-state index is 12.2. The molecule has 126 valence electrons. The smallest absolute Gasteiger partial charge is 0.271 e. The molecule has 0 radical (unpaired) electrons. The van der Waals surface area contributed by atoms with Gasteiger partial charge in [0, 0.05) is 21.0 Å². The second kappa shape index (κ2) is 8.19. The van der Waals surface area contributed by atoms with Gasteiger partial charge in [-0.2, -0.15) is 5.10 Å². The minimum Gasteiger partial charge on any atom is -0.507 e. The summed E-state index contributed by atoms with van der Waals surface area (Å²) in [6.45, 7) is 1.68. The molecule has 0 bridgehead atoms. The molecule has 0 unspecified atom stereocenters. The fraction of sp³-hybridized carbons (Fsp3) is 0.176. The summed E-state index contributed by atoms with van der Waals surface area (Å²) in [4.78, 5) is 13.2. The number of halogens is 1. The highest BCUT2D eigenvalue weighted by Crippen LogP contribution is 2.22. The van der Waals surface area contributed by atoms with Gasteiger partial charge in [-0.25, -0.2) is 5.43 Å². The maximum Gasteiger partial charge on any atom is 0.271 e. The number of hydrogen-bond donors (Lipinski definition) is 2. The van der Waals surface area contributed by atoms with Crippen LogP contribution >= 0.6 is 23.5 Å². The molecule has 5 nitrogen and oxygen atoms in total. The van der Waals surface area contributed by atoms with Gasteiger partial charge in [0.25, 0.3) is 5.91 Å². The molecule has 24 heavy (non-hydrogen) atoms. The molecule has 2 aromatic rings. The van der Waals surface area contributed by atoms with Crippen molar-refractivity contribution in [3.05, 3.63) is 58.6 Å². The number of carbonyl (C=O) groups excluding carboxylic acids is 1. The van der Waals surface area contributed by atoms with Crippen LogP contribution in [0.25, 0.3) is 0 Å². The van der Waals surface area contributed by atoms with Crippen molar-refractivity contribution in [2.75, 3.05) is 14.1 Å². The van der Waals surface area contributed by atoms with E-state index in [1.54, 1.807) is 31.2 Å². The third-order valence-electron chi connectivity index (χ3n) is 3.06. The number of phenolic OH excluding ortho intramolecular Hbond substituents is 1. The molecule has 0 aliphatic rings. The second-order valence-electron chi connectivity index (χ2n) is 5.23. The van der Waals surface area contributed by atoms with Crippen LogP contribution in [-0.4, -0.2) is 35.1 Å². The van der Waals surface area contributed by atoms with Crippen molar-refractivity contribution >= 4 is 35.2 Å². The molecule has 0 aromatic heterocycles. The summed E-state index contributed by atoms with van der Waals surface area (Å²) in [5.74, 6) is -0.267. The predicted octanol–water partition coefficient (Wildman–Crippen LogP) is 3.77. The van der Waals surface area contributed by atoms with E-state index in [1.165, 1.54) is 18.0 Å². The Hall–Kier alpha value is -2.02. The van der Waals surface area contributed by atoms with Gasteiger partial charge in [0.05, 0.1) is 5.71 Å². The van der Waals surface area contributed by atoms with Gasteiger partial charge in [0.2, 0.25) is 0 Å². The zero-order chi connectivity index (χ0) is 17.7. The van der Waals surface area contributed by atoms with Crippen LogP contribution in [0.3, 0.4) is 0 Å². The van der Waals surface area contributed by atoms with E-state index in [1.807, 2.05) is 30.5 Å². The van der Waals surface area contributed by atoms with Crippen LogP contribution in [-0.2, 0) is 0 Å². The van der Waals surface area contributed by atoms with Crippen LogP contribution in [0.4, 0.5) is 0 Å². The molecule has 0 heterocycles. The quantitative estimate of drug-likeness (QED) is 0.482. The van der Waals surface area contributed by atoms with E-state index in [2.05, 4.69) is 10.5 Å². The highest BCUT2D eigenvalue weighted by Gasteiger charge is 2.09. The van der Waals surface area contributed by atoms with Gasteiger partial charge in [-0.3, -0.25) is 9.10 Å². The lowest BCUT2D eigenvalue weighted by Crippen LogP contribution is -2.19. The lowest BCUT2D eigenvalue weighted by atomic mass is 10.1. The van der Waals surface area contributed by atoms with Gasteiger partial charge in [0.1, 0.15) is 5.75 Å². The van der Waals surface area contributed by atoms with Gasteiger partial charge < -0.3 is 5.11 Å². The third kappa shape index (κ3) is 4.99. The molecule has 1 amide bonds. The number of nitrogens with one attached hydrogen (secondary N) is 1. The fourth-order valence-electron chi connectivity index (χ4n) is 1.96. The highest BCUT2D eigenvalue weighted by atomic mass is 35.5. The minimum atomic E-state index is -0.322. The zero-order valence-corrected chi connectivity index (χ0v) is 15.1. The van der Waals surface area contributed by atoms with E-state index in [9.17, 15) is 9.90 Å². The van der Waals surface area contributed by atoms with Crippen molar-refractivity contribution < 1.29 is 9.90 Å². The van der Waals surface area contributed by atoms with Crippen molar-refractivity contribution in [2.45, 2.75) is 11.8 Å². The van der Waals surface area contributed by atoms with Crippen LogP contribution in [0.1, 0.15) is 22.8 Å². The van der Waals surface area contributed by atoms with Gasteiger partial charge >= 0.3 is 0 Å². The highest BCUT2D eigenvalue weighted by molar-refractivity contribution is 7.97. The van der Waals surface area contributed by atoms with E-state index < -0.39 is 0 Å². The maximum atomic E-state index is 12.2. The van der Waals surface area contributed by atoms with E-state index in [0.717, 1.165) is 4.90 Å². The summed E-state index contributed by atoms with van der Waals surface area (Å²) < 4.78 is 1.95. The standard InChI is InChI=1S/C17H18ClN3O2S/c1-11(15-10-13(18)7-8-16(15)22)19-20-17(23)12-5-4-6-14(9-12)24-21(2)3/h4-10,22H,1-3H3,(H,20,23)/b19-11+. The Balaban J connectivity index is 2.13. The summed E-state index contributed by atoms with van der Waals surface area (Å²) >= 11 is 7.44. The third-order valence-corrected chi connectivity index (χ3v) is 4.12. The number of aromatic hydroxyl groups is 1. The van der Waals surface area contributed by atoms with Crippen LogP contribution in [0, 0.1) is 0 Å². The van der Waals surface area contributed by atoms with E-state index in [0.29, 0.717) is 21.9 Å². The predicted molar refractivity (Wildman–Crippen MR) is 98.8 cm³/mol. The summed E-state index contributed by atoms with van der Waals surface area (Å²) in [6, 6.07) is 11.9. The largest absolute Gasteiger partial charge is 0.507 e. The van der Waals surface area contributed by atoms with Crippen molar-refractivity contribution in [3.8, 4) is 5.75 Å². The summed E-state index contributed by atoms with van der Waals surface area (Å²) in [5, 5.41) is 14.4. The Kier molecular flexibility index (Phi) is 6.25. The summed E-state index contributed by atoms with van der Waals surface area (Å²) in [7, 11) is 3.87. The van der Waals surface area contributed by atoms with Gasteiger partial charge in [-0.05, 0) is 69.4 Å². The number of amides is 1. The van der Waals surface area contributed by atoms with Gasteiger partial charge in [-0.15, -0.1) is 0 Å². The lowest BCUT2D eigenvalue weighted by Gasteiger charge is -2.09. The molecule has 2 N–H and O–H groups in total. The Morgan fingerprint density at radius 3 is 2.71 bits per heavy atom. The molecule has 0 aliphatic heterocycles. The number of rotatable bonds is 5. The number of carbonyl (C=O) groups is 1. The monoisotopic (exact) mass is 363 g/mol. The first-order valence-electron chi connectivity index (χ1n) is 7.15. The Morgan fingerprint density at radius 2 is 2.00 bits per heavy atom. The number of nitrogens with zero attached hydrogens (tertiary/aromatic N) is 2. The lowest BCUT2D eigenvalue weighted by molar-refractivity contribution is 0.0954. The SMILES string of the molecule is C/C(=N\NC(=O)c1cccc(SN(C)C)c1)c1cc(Cl)ccc1O. The normalized spacial score (nSPS) is 11.6. The average Bonchev–Trinajstić information content (AvgIpc) is 2.54. The van der Waals surface area contributed by atoms with Crippen LogP contribution in [0.2, 0.25) is 5.02 Å². The molecule has 2 aromatic carbocycles. The Labute approximate surface area is 150 Å². The molecular formula is C17H18ClN3O2S. The number of hydrazone groups is 1. The fourth-order valence-corrected chi connectivity index (χ4v) is 2.88. The zero-order valence-electron chi connectivity index (χ0n) is 13.6. The number of hydrogen-bond acceptors (Lipinski definition) is 5. The van der Waals surface area contributed by atoms with Crippen LogP contribution < -0.4 is 5.43 Å². The molecule has 0 fully saturated rings. The van der Waals surface area contributed by atoms with E-state index in [4.69, 9.17) is 11.6 Å². The first-order chi connectivity index (χ1) is 11.4. The number of benzene rings is 2. The van der Waals surface area contributed by atoms with Crippen molar-refractivity contribution in [1.29, 1.82) is 0 Å². The van der Waals surface area contributed by atoms with E-state index >= 15 is 0 Å². The molecule has 0 saturated carbocycles. The van der Waals surface area contributed by atoms with Crippen LogP contribution in [0.5, 0.6) is 5.75 Å². The molecular weight excluding hydrogens is 346 g/mol. The first kappa shape index (κ1) is 18.3. The van der Waals surface area contributed by atoms with Crippen molar-refractivity contribution in [2.24, 2.45) is 5.10 Å². The van der Waals surface area contributed by atoms with Gasteiger partial charge in [-0.1, -0.05) is 17.7 Å². The summed E-state index contributed by atoms with van der Waals surface area (Å²) in [6.07, 6.45) is 0. The number of phenols is 1. The first-order valence-corrected chi connectivity index (χ1v) is 8.31. The molecule has 7 heteroatoms. The molecule has 0 saturated heterocycles. The molecule has 2 rings (SSSR count). The van der Waals surface area contributed by atoms with Gasteiger partial charge in [0.15, 0.2) is 0 Å². The molecule has 0 spiro atoms. The molecule has 0 atom stereocenters. The molecule has 0 aliphatic carbocycles. The van der Waals surface area contributed by atoms with Crippen molar-refractivity contribution in [1.82, 2.24) is 9.73 Å². The topological polar surface area (TPSA) is 64.9 Å². The Bertz CT molecular complexity index is 778. The average molecular weight is 364 g/mol. The summed E-state index contributed by atoms with van der Waals surface area (Å²) in [5.41, 5.74) is 3.94.